The molecule has 2 aliphatic rings. The number of rotatable bonds is 0. The van der Waals surface area contributed by atoms with E-state index in [1.165, 1.54) is 0 Å². The van der Waals surface area contributed by atoms with Crippen molar-refractivity contribution in [1.82, 2.24) is 10.2 Å². The third-order valence-corrected chi connectivity index (χ3v) is 2.51. The molecule has 0 radical (unpaired) electrons. The highest BCUT2D eigenvalue weighted by molar-refractivity contribution is 5.74. The van der Waals surface area contributed by atoms with Crippen molar-refractivity contribution in [1.29, 1.82) is 0 Å². The summed E-state index contributed by atoms with van der Waals surface area (Å²) >= 11 is 0. The van der Waals surface area contributed by atoms with Gasteiger partial charge in [-0.2, -0.15) is 0 Å². The van der Waals surface area contributed by atoms with Gasteiger partial charge in [0.2, 0.25) is 0 Å². The van der Waals surface area contributed by atoms with Crippen LogP contribution >= 0.6 is 0 Å². The van der Waals surface area contributed by atoms with Crippen LogP contribution in [0.5, 0.6) is 0 Å². The maximum atomic E-state index is 11.3. The second kappa shape index (κ2) is 3.16. The first-order valence-electron chi connectivity index (χ1n) is 4.50. The third-order valence-electron chi connectivity index (χ3n) is 2.51. The first-order chi connectivity index (χ1) is 6.26. The van der Waals surface area contributed by atoms with Crippen LogP contribution in [0.25, 0.3) is 0 Å². The Hall–Kier alpha value is -0.810. The average Bonchev–Trinajstić information content (AvgIpc) is 2.76. The van der Waals surface area contributed by atoms with Crippen LogP contribution in [0.15, 0.2) is 0 Å². The lowest BCUT2D eigenvalue weighted by atomic mass is 10.2. The molecule has 5 nitrogen and oxygen atoms in total. The summed E-state index contributed by atoms with van der Waals surface area (Å²) in [6, 6.07) is -0.0593. The lowest BCUT2D eigenvalue weighted by Crippen LogP contribution is -2.40. The molecule has 0 unspecified atom stereocenters. The van der Waals surface area contributed by atoms with Crippen LogP contribution in [0.1, 0.15) is 6.42 Å². The van der Waals surface area contributed by atoms with Gasteiger partial charge in [0, 0.05) is 20.0 Å². The van der Waals surface area contributed by atoms with E-state index in [9.17, 15) is 4.79 Å². The lowest BCUT2D eigenvalue weighted by molar-refractivity contribution is -0.143. The van der Waals surface area contributed by atoms with Crippen molar-refractivity contribution in [2.45, 2.75) is 12.2 Å². The van der Waals surface area contributed by atoms with Crippen molar-refractivity contribution in [2.75, 3.05) is 33.4 Å². The van der Waals surface area contributed by atoms with Gasteiger partial charge < -0.3 is 19.7 Å². The molecule has 2 aliphatic heterocycles. The number of ether oxygens (including phenoxy) is 2. The highest BCUT2D eigenvalue weighted by Crippen LogP contribution is 2.30. The molecule has 0 bridgehead atoms. The minimum Gasteiger partial charge on any atom is -0.346 e. The summed E-state index contributed by atoms with van der Waals surface area (Å²) in [6.07, 6.45) is 0.778. The molecule has 74 valence electrons. The Labute approximate surface area is 77.0 Å². The summed E-state index contributed by atoms with van der Waals surface area (Å²) in [7, 11) is 1.63. The first kappa shape index (κ1) is 8.77. The van der Waals surface area contributed by atoms with Crippen molar-refractivity contribution in [3.63, 3.8) is 0 Å². The molecule has 0 aliphatic carbocycles. The minimum atomic E-state index is -0.494. The zero-order chi connectivity index (χ0) is 9.31. The molecule has 2 rings (SSSR count). The zero-order valence-corrected chi connectivity index (χ0v) is 7.71. The second-order valence-corrected chi connectivity index (χ2v) is 3.33. The van der Waals surface area contributed by atoms with Gasteiger partial charge in [-0.3, -0.25) is 0 Å². The van der Waals surface area contributed by atoms with E-state index in [0.29, 0.717) is 26.3 Å². The molecule has 1 N–H and O–H groups in total. The SMILES string of the molecule is CNC(=O)N1CCC2(C1)OCCO2. The number of carbonyl (C=O) groups excluding carboxylic acids is 1. The minimum absolute atomic E-state index is 0.0593. The van der Waals surface area contributed by atoms with E-state index in [0.717, 1.165) is 6.42 Å². The number of hydrogen-bond acceptors (Lipinski definition) is 3. The van der Waals surface area contributed by atoms with Crippen LogP contribution in [0.3, 0.4) is 0 Å². The molecule has 1 spiro atoms. The Balaban J connectivity index is 1.96. The van der Waals surface area contributed by atoms with Crippen molar-refractivity contribution in [3.8, 4) is 0 Å². The smallest absolute Gasteiger partial charge is 0.317 e. The Kier molecular flexibility index (Phi) is 2.13. The topological polar surface area (TPSA) is 50.8 Å². The molecule has 2 amide bonds. The van der Waals surface area contributed by atoms with Gasteiger partial charge >= 0.3 is 6.03 Å². The van der Waals surface area contributed by atoms with Gasteiger partial charge in [0.15, 0.2) is 5.79 Å². The van der Waals surface area contributed by atoms with Crippen molar-refractivity contribution in [3.05, 3.63) is 0 Å². The van der Waals surface area contributed by atoms with Crippen LogP contribution in [-0.4, -0.2) is 50.1 Å². The summed E-state index contributed by atoms with van der Waals surface area (Å²) in [5.41, 5.74) is 0. The first-order valence-corrected chi connectivity index (χ1v) is 4.50. The van der Waals surface area contributed by atoms with Crippen molar-refractivity contribution < 1.29 is 14.3 Å². The number of nitrogens with zero attached hydrogens (tertiary/aromatic N) is 1. The highest BCUT2D eigenvalue weighted by Gasteiger charge is 2.44. The zero-order valence-electron chi connectivity index (χ0n) is 7.71. The van der Waals surface area contributed by atoms with E-state index in [2.05, 4.69) is 5.32 Å². The fraction of sp³-hybridized carbons (Fsp3) is 0.875. The number of carbonyl (C=O) groups is 1. The van der Waals surface area contributed by atoms with Gasteiger partial charge in [0.05, 0.1) is 19.8 Å². The second-order valence-electron chi connectivity index (χ2n) is 3.33. The highest BCUT2D eigenvalue weighted by atomic mass is 16.7. The third kappa shape index (κ3) is 1.49. The van der Waals surface area contributed by atoms with Gasteiger partial charge in [-0.1, -0.05) is 0 Å². The number of hydrogen-bond donors (Lipinski definition) is 1. The molecule has 2 fully saturated rings. The molecule has 0 aromatic rings. The summed E-state index contributed by atoms with van der Waals surface area (Å²) in [6.45, 7) is 2.54. The Morgan fingerprint density at radius 1 is 1.46 bits per heavy atom. The van der Waals surface area contributed by atoms with E-state index in [1.807, 2.05) is 0 Å². The summed E-state index contributed by atoms with van der Waals surface area (Å²) in [5.74, 6) is -0.494. The fourth-order valence-electron chi connectivity index (χ4n) is 1.82. The van der Waals surface area contributed by atoms with Crippen LogP contribution in [0.4, 0.5) is 4.79 Å². The standard InChI is InChI=1S/C8H14N2O3/c1-9-7(11)10-3-2-8(6-10)12-4-5-13-8/h2-6H2,1H3,(H,9,11). The molecule has 0 saturated carbocycles. The van der Waals surface area contributed by atoms with Gasteiger partial charge in [0.1, 0.15) is 0 Å². The largest absolute Gasteiger partial charge is 0.346 e. The molecule has 0 aromatic heterocycles. The van der Waals surface area contributed by atoms with Crippen LogP contribution in [-0.2, 0) is 9.47 Å². The van der Waals surface area contributed by atoms with Crippen molar-refractivity contribution in [2.24, 2.45) is 0 Å². The molecule has 13 heavy (non-hydrogen) atoms. The molecule has 5 heteroatoms. The Morgan fingerprint density at radius 2 is 2.15 bits per heavy atom. The fourth-order valence-corrected chi connectivity index (χ4v) is 1.82. The van der Waals surface area contributed by atoms with Crippen molar-refractivity contribution >= 4 is 6.03 Å². The van der Waals surface area contributed by atoms with Gasteiger partial charge in [-0.15, -0.1) is 0 Å². The Bertz CT molecular complexity index is 213. The van der Waals surface area contributed by atoms with E-state index < -0.39 is 5.79 Å². The number of amides is 2. The maximum absolute atomic E-state index is 11.3. The maximum Gasteiger partial charge on any atom is 0.317 e. The molecule has 0 aromatic carbocycles. The molecule has 2 heterocycles. The summed E-state index contributed by atoms with van der Waals surface area (Å²) in [4.78, 5) is 13.0. The average molecular weight is 186 g/mol. The van der Waals surface area contributed by atoms with Crippen LogP contribution < -0.4 is 5.32 Å². The van der Waals surface area contributed by atoms with Crippen LogP contribution in [0.2, 0.25) is 0 Å². The predicted molar refractivity (Wildman–Crippen MR) is 45.3 cm³/mol. The van der Waals surface area contributed by atoms with Gasteiger partial charge in [-0.05, 0) is 0 Å². The summed E-state index contributed by atoms with van der Waals surface area (Å²) < 4.78 is 11.0. The quantitative estimate of drug-likeness (QED) is 0.568. The molecule has 0 atom stereocenters. The number of likely N-dealkylation sites (tertiary alicyclic amines) is 1. The van der Waals surface area contributed by atoms with E-state index in [1.54, 1.807) is 11.9 Å². The monoisotopic (exact) mass is 186 g/mol. The summed E-state index contributed by atoms with van der Waals surface area (Å²) in [5, 5.41) is 2.59. The molecular weight excluding hydrogens is 172 g/mol. The normalized spacial score (nSPS) is 25.5. The van der Waals surface area contributed by atoms with E-state index >= 15 is 0 Å². The van der Waals surface area contributed by atoms with E-state index in [-0.39, 0.29) is 6.03 Å². The van der Waals surface area contributed by atoms with Gasteiger partial charge in [-0.25, -0.2) is 4.79 Å². The predicted octanol–water partition coefficient (Wildman–Crippen LogP) is -0.225. The van der Waals surface area contributed by atoms with E-state index in [4.69, 9.17) is 9.47 Å². The lowest BCUT2D eigenvalue weighted by Gasteiger charge is -2.21. The number of urea groups is 1. The molecular formula is C8H14N2O3. The van der Waals surface area contributed by atoms with Gasteiger partial charge in [0.25, 0.3) is 0 Å². The number of nitrogens with one attached hydrogen (secondary N) is 1. The van der Waals surface area contributed by atoms with Crippen LogP contribution in [0, 0.1) is 0 Å². The molecule has 2 saturated heterocycles. The Morgan fingerprint density at radius 3 is 2.77 bits per heavy atom.